The number of thioether (sulfide) groups is 1. The van der Waals surface area contributed by atoms with Crippen LogP contribution in [-0.2, 0) is 16.1 Å². The number of ether oxygens (including phenoxy) is 1. The van der Waals surface area contributed by atoms with Crippen LogP contribution < -0.4 is 0 Å². The number of amides is 2. The first kappa shape index (κ1) is 24.8. The molecule has 1 aliphatic heterocycles. The highest BCUT2D eigenvalue weighted by Crippen LogP contribution is 2.35. The normalized spacial score (nSPS) is 14.8. The van der Waals surface area contributed by atoms with Gasteiger partial charge in [-0.1, -0.05) is 23.7 Å². The first-order chi connectivity index (χ1) is 16.7. The Morgan fingerprint density at radius 1 is 1.14 bits per heavy atom. The maximum atomic E-state index is 14.2. The van der Waals surface area contributed by atoms with E-state index in [1.807, 2.05) is 30.5 Å². The third kappa shape index (κ3) is 4.90. The molecule has 6 nitrogen and oxygen atoms in total. The third-order valence-electron chi connectivity index (χ3n) is 5.62. The lowest BCUT2D eigenvalue weighted by Gasteiger charge is -2.14. The summed E-state index contributed by atoms with van der Waals surface area (Å²) in [5.41, 5.74) is 3.76. The fourth-order valence-electron chi connectivity index (χ4n) is 3.94. The minimum atomic E-state index is -0.575. The molecule has 0 unspecified atom stereocenters. The Kier molecular flexibility index (Phi) is 7.14. The molecule has 4 rings (SSSR count). The summed E-state index contributed by atoms with van der Waals surface area (Å²) in [6.07, 6.45) is 1.65. The summed E-state index contributed by atoms with van der Waals surface area (Å²) >= 11 is 6.88. The molecule has 35 heavy (non-hydrogen) atoms. The molecule has 2 heterocycles. The van der Waals surface area contributed by atoms with E-state index >= 15 is 0 Å². The predicted octanol–water partition coefficient (Wildman–Crippen LogP) is 6.30. The minimum absolute atomic E-state index is 0.0948. The molecule has 2 amide bonds. The van der Waals surface area contributed by atoms with Gasteiger partial charge in [0.25, 0.3) is 11.1 Å². The maximum Gasteiger partial charge on any atom is 0.338 e. The summed E-state index contributed by atoms with van der Waals surface area (Å²) in [5, 5.41) is -0.335. The van der Waals surface area contributed by atoms with Crippen molar-refractivity contribution >= 4 is 46.6 Å². The minimum Gasteiger partial charge on any atom is -0.462 e. The van der Waals surface area contributed by atoms with Crippen molar-refractivity contribution in [2.24, 2.45) is 0 Å². The molecule has 3 aromatic rings. The van der Waals surface area contributed by atoms with Crippen LogP contribution in [0.2, 0.25) is 5.02 Å². The number of aryl methyl sites for hydroxylation is 1. The largest absolute Gasteiger partial charge is 0.462 e. The molecule has 1 fully saturated rings. The zero-order valence-corrected chi connectivity index (χ0v) is 20.9. The van der Waals surface area contributed by atoms with Crippen LogP contribution in [0.15, 0.2) is 53.4 Å². The SMILES string of the molecule is CCOC(=O)c1cccc(-n2c(C)cc(/C=C3/SC(=O)N(Cc4c(F)cccc4Cl)C3=O)c2C)c1. The van der Waals surface area contributed by atoms with Crippen molar-refractivity contribution in [2.45, 2.75) is 27.3 Å². The van der Waals surface area contributed by atoms with E-state index in [-0.39, 0.29) is 28.6 Å². The van der Waals surface area contributed by atoms with E-state index in [0.717, 1.165) is 39.3 Å². The standard InChI is InChI=1S/C26H22ClFN2O4S/c1-4-34-25(32)17-7-5-8-19(12-17)30-15(2)11-18(16(30)3)13-23-24(31)29(26(33)35-23)14-20-21(27)9-6-10-22(20)28/h5-13H,4,14H2,1-3H3/b23-13+. The Morgan fingerprint density at radius 2 is 1.89 bits per heavy atom. The summed E-state index contributed by atoms with van der Waals surface area (Å²) in [4.78, 5) is 38.9. The van der Waals surface area contributed by atoms with Crippen molar-refractivity contribution in [1.82, 2.24) is 9.47 Å². The second-order valence-electron chi connectivity index (χ2n) is 7.90. The second-order valence-corrected chi connectivity index (χ2v) is 9.30. The van der Waals surface area contributed by atoms with Gasteiger partial charge < -0.3 is 9.30 Å². The molecule has 0 saturated carbocycles. The Hall–Kier alpha value is -3.36. The molecule has 0 bridgehead atoms. The van der Waals surface area contributed by atoms with Crippen molar-refractivity contribution in [3.05, 3.63) is 92.4 Å². The van der Waals surface area contributed by atoms with E-state index in [9.17, 15) is 18.8 Å². The lowest BCUT2D eigenvalue weighted by molar-refractivity contribution is -0.123. The average Bonchev–Trinajstić information content (AvgIpc) is 3.25. The van der Waals surface area contributed by atoms with Gasteiger partial charge in [-0.15, -0.1) is 0 Å². The Morgan fingerprint density at radius 3 is 2.60 bits per heavy atom. The molecule has 0 radical (unpaired) electrons. The molecular weight excluding hydrogens is 491 g/mol. The lowest BCUT2D eigenvalue weighted by atomic mass is 10.2. The van der Waals surface area contributed by atoms with E-state index in [2.05, 4.69) is 0 Å². The third-order valence-corrected chi connectivity index (χ3v) is 6.89. The van der Waals surface area contributed by atoms with Gasteiger partial charge >= 0.3 is 5.97 Å². The zero-order valence-electron chi connectivity index (χ0n) is 19.3. The highest BCUT2D eigenvalue weighted by Gasteiger charge is 2.36. The van der Waals surface area contributed by atoms with Gasteiger partial charge in [-0.2, -0.15) is 0 Å². The van der Waals surface area contributed by atoms with Crippen LogP contribution in [0.3, 0.4) is 0 Å². The zero-order chi connectivity index (χ0) is 25.3. The number of aromatic nitrogens is 1. The molecule has 9 heteroatoms. The summed E-state index contributed by atoms with van der Waals surface area (Å²) in [6.45, 7) is 5.59. The van der Waals surface area contributed by atoms with Crippen LogP contribution in [0.4, 0.5) is 9.18 Å². The van der Waals surface area contributed by atoms with Crippen LogP contribution in [0, 0.1) is 19.7 Å². The summed E-state index contributed by atoms with van der Waals surface area (Å²) in [6, 6.07) is 13.2. The number of benzene rings is 2. The first-order valence-electron chi connectivity index (χ1n) is 10.9. The van der Waals surface area contributed by atoms with Gasteiger partial charge in [-0.25, -0.2) is 9.18 Å². The van der Waals surface area contributed by atoms with Gasteiger partial charge in [-0.05, 0) is 80.6 Å². The molecule has 0 N–H and O–H groups in total. The molecule has 1 aliphatic rings. The summed E-state index contributed by atoms with van der Waals surface area (Å²) in [5.74, 6) is -1.48. The quantitative estimate of drug-likeness (QED) is 0.286. The highest BCUT2D eigenvalue weighted by atomic mass is 35.5. The number of hydrogen-bond acceptors (Lipinski definition) is 5. The number of nitrogens with zero attached hydrogens (tertiary/aromatic N) is 2. The number of imide groups is 1. The molecule has 1 aromatic heterocycles. The van der Waals surface area contributed by atoms with Gasteiger partial charge in [0.2, 0.25) is 0 Å². The molecule has 0 aliphatic carbocycles. The number of carbonyl (C=O) groups excluding carboxylic acids is 3. The van der Waals surface area contributed by atoms with Crippen molar-refractivity contribution in [3.8, 4) is 5.69 Å². The van der Waals surface area contributed by atoms with Crippen molar-refractivity contribution in [1.29, 1.82) is 0 Å². The van der Waals surface area contributed by atoms with Crippen molar-refractivity contribution < 1.29 is 23.5 Å². The van der Waals surface area contributed by atoms with E-state index in [0.29, 0.717) is 5.56 Å². The van der Waals surface area contributed by atoms with Crippen LogP contribution in [0.25, 0.3) is 11.8 Å². The summed E-state index contributed by atoms with van der Waals surface area (Å²) < 4.78 is 21.3. The first-order valence-corrected chi connectivity index (χ1v) is 12.1. The Balaban J connectivity index is 1.64. The van der Waals surface area contributed by atoms with Gasteiger partial charge in [0.05, 0.1) is 23.6 Å². The van der Waals surface area contributed by atoms with Crippen molar-refractivity contribution in [2.75, 3.05) is 6.61 Å². The lowest BCUT2D eigenvalue weighted by Crippen LogP contribution is -2.28. The van der Waals surface area contributed by atoms with Crippen LogP contribution in [0.5, 0.6) is 0 Å². The summed E-state index contributed by atoms with van der Waals surface area (Å²) in [7, 11) is 0. The second kappa shape index (κ2) is 10.1. The van der Waals surface area contributed by atoms with Gasteiger partial charge in [0.1, 0.15) is 5.82 Å². The van der Waals surface area contributed by atoms with Crippen LogP contribution >= 0.6 is 23.4 Å². The Labute approximate surface area is 211 Å². The predicted molar refractivity (Wildman–Crippen MR) is 134 cm³/mol. The van der Waals surface area contributed by atoms with E-state index < -0.39 is 22.9 Å². The van der Waals surface area contributed by atoms with Crippen LogP contribution in [0.1, 0.15) is 39.8 Å². The smallest absolute Gasteiger partial charge is 0.338 e. The van der Waals surface area contributed by atoms with E-state index in [1.54, 1.807) is 31.2 Å². The molecule has 2 aromatic carbocycles. The van der Waals surface area contributed by atoms with E-state index in [1.165, 1.54) is 18.2 Å². The average molecular weight is 513 g/mol. The molecule has 1 saturated heterocycles. The Bertz CT molecular complexity index is 1360. The fraction of sp³-hybridized carbons (Fsp3) is 0.192. The maximum absolute atomic E-state index is 14.2. The molecule has 180 valence electrons. The monoisotopic (exact) mass is 512 g/mol. The van der Waals surface area contributed by atoms with Crippen molar-refractivity contribution in [3.63, 3.8) is 0 Å². The van der Waals surface area contributed by atoms with E-state index in [4.69, 9.17) is 16.3 Å². The number of rotatable bonds is 6. The van der Waals surface area contributed by atoms with Crippen LogP contribution in [-0.4, -0.2) is 33.2 Å². The molecule has 0 atom stereocenters. The highest BCUT2D eigenvalue weighted by molar-refractivity contribution is 8.18. The number of esters is 1. The van der Waals surface area contributed by atoms with Gasteiger partial charge in [0, 0.05) is 27.7 Å². The number of carbonyl (C=O) groups is 3. The van der Waals surface area contributed by atoms with Gasteiger partial charge in [0.15, 0.2) is 0 Å². The number of hydrogen-bond donors (Lipinski definition) is 0. The molecular formula is C26H22ClFN2O4S. The molecule has 0 spiro atoms. The topological polar surface area (TPSA) is 68.6 Å². The van der Waals surface area contributed by atoms with Gasteiger partial charge in [-0.3, -0.25) is 14.5 Å². The fourth-order valence-corrected chi connectivity index (χ4v) is 4.99. The number of halogens is 2.